The highest BCUT2D eigenvalue weighted by atomic mass is 32.1. The fourth-order valence-electron chi connectivity index (χ4n) is 23.7. The molecule has 0 bridgehead atoms. The van der Waals surface area contributed by atoms with Gasteiger partial charge in [-0.1, -0.05) is 341 Å². The highest BCUT2D eigenvalue weighted by Gasteiger charge is 2.37. The van der Waals surface area contributed by atoms with Crippen molar-refractivity contribution < 1.29 is 4.42 Å². The van der Waals surface area contributed by atoms with Gasteiger partial charge in [0.25, 0.3) is 0 Å². The molecule has 0 spiro atoms. The zero-order valence-electron chi connectivity index (χ0n) is 79.2. The lowest BCUT2D eigenvalue weighted by molar-refractivity contribution is 0.660. The van der Waals surface area contributed by atoms with Crippen molar-refractivity contribution in [3.05, 3.63) is 532 Å². The van der Waals surface area contributed by atoms with E-state index in [4.69, 9.17) is 4.42 Å². The predicted molar refractivity (Wildman–Crippen MR) is 610 cm³/mol. The molecule has 0 aliphatic heterocycles. The summed E-state index contributed by atoms with van der Waals surface area (Å²) in [6.45, 7) is 4.70. The molecule has 0 fully saturated rings. The SMILES string of the molecule is CC1(C)c2ccccc2-c2ccc(N(c3ccccc3)c3ccc4c(ccc5c4c4ccccc4n5-c4ccccc4)c3)cc21.c1ccc(-n2c3ccccc3c3c4ccccc4c(N(c4ccc5c(c4)Cc4ccccc4-5)c4ccc5c(c4)sc4ccccc45)cc32)cc1.c1ccc(N(c2ccc(-c3cccc4oc5ccccc5c34)cc2)c2cccc3c2ccc2c3c3ccccc3n2-c2ccccc2)cc1. The van der Waals surface area contributed by atoms with E-state index >= 15 is 0 Å². The molecule has 2 aliphatic rings. The third-order valence-electron chi connectivity index (χ3n) is 30.1. The monoisotopic (exact) mass is 1860 g/mol. The maximum absolute atomic E-state index is 6.21. The van der Waals surface area contributed by atoms with Crippen molar-refractivity contribution in [2.45, 2.75) is 25.7 Å². The molecule has 30 rings (SSSR count). The van der Waals surface area contributed by atoms with E-state index in [1.165, 1.54) is 191 Å². The lowest BCUT2D eigenvalue weighted by Crippen LogP contribution is -2.16. The summed E-state index contributed by atoms with van der Waals surface area (Å²) in [6.07, 6.45) is 0.949. The number of anilines is 9. The standard InChI is InChI=1S/C47H30N2S.C46H30N2O.C43H32N2/c1-2-13-32(14-3-1)49-42-20-10-8-19-41(42)47-40-18-7-6-16-37(40)43(29-44(47)49)48(33-22-24-36-31(27-33)26-30-12-4-5-15-35(30)36)34-23-25-39-38-17-9-11-21-45(38)50-46(39)28-34;1-3-13-32(14-4-1)47(34-27-25-31(26-28-34)35-19-12-24-44-46(35)39-18-8-10-23-43(39)49-44)40-22-11-20-37-36(40)29-30-42-45(37)38-17-7-9-21-41(38)48(42)33-15-5-2-6-16-33;1-43(2)38-19-11-9-17-35(38)36-25-23-33(28-39(36)43)44(30-13-5-3-6-14-30)32-22-24-34-29(27-32)21-26-41-42(34)37-18-10-12-20-40(37)45(41)31-15-7-4-8-16-31/h1-25,27-29H,26H2;1-30H;3-28H,1-2H3. The molecule has 0 radical (unpaired) electrons. The lowest BCUT2D eigenvalue weighted by Gasteiger charge is -2.28. The average Bonchev–Trinajstić information content (AvgIpc) is 1.56. The van der Waals surface area contributed by atoms with Crippen LogP contribution in [0.25, 0.3) is 190 Å². The second-order valence-corrected chi connectivity index (χ2v) is 39.5. The number of hydrogen-bond acceptors (Lipinski definition) is 5. The number of rotatable bonds is 13. The Labute approximate surface area is 837 Å². The minimum atomic E-state index is -0.0632. The summed E-state index contributed by atoms with van der Waals surface area (Å²) >= 11 is 1.87. The fourth-order valence-corrected chi connectivity index (χ4v) is 24.8. The third kappa shape index (κ3) is 13.6. The summed E-state index contributed by atoms with van der Waals surface area (Å²) in [5.74, 6) is 0. The van der Waals surface area contributed by atoms with Gasteiger partial charge in [-0.05, 0) is 266 Å². The Morgan fingerprint density at radius 2 is 0.639 bits per heavy atom. The molecule has 23 aromatic carbocycles. The zero-order chi connectivity index (χ0) is 95.2. The third-order valence-corrected chi connectivity index (χ3v) is 31.2. The van der Waals surface area contributed by atoms with Gasteiger partial charge in [-0.25, -0.2) is 0 Å². The molecule has 2 aliphatic carbocycles. The van der Waals surface area contributed by atoms with Gasteiger partial charge < -0.3 is 32.8 Å². The van der Waals surface area contributed by atoms with E-state index in [-0.39, 0.29) is 5.41 Å². The van der Waals surface area contributed by atoms with Crippen molar-refractivity contribution in [1.82, 2.24) is 13.7 Å². The molecule has 0 saturated heterocycles. The minimum absolute atomic E-state index is 0.0632. The number of aromatic nitrogens is 3. The van der Waals surface area contributed by atoms with Crippen molar-refractivity contribution in [2.75, 3.05) is 14.7 Å². The van der Waals surface area contributed by atoms with Crippen LogP contribution in [0.15, 0.2) is 514 Å². The second-order valence-electron chi connectivity index (χ2n) is 38.5. The Hall–Kier alpha value is -18.3. The van der Waals surface area contributed by atoms with Crippen LogP contribution in [-0.4, -0.2) is 13.7 Å². The van der Waals surface area contributed by atoms with Crippen LogP contribution in [0.2, 0.25) is 0 Å². The maximum Gasteiger partial charge on any atom is 0.136 e. The molecular formula is C136H92N6OS. The largest absolute Gasteiger partial charge is 0.456 e. The maximum atomic E-state index is 6.21. The molecular weight excluding hydrogens is 1770 g/mol. The summed E-state index contributed by atoms with van der Waals surface area (Å²) < 4.78 is 16.0. The Morgan fingerprint density at radius 1 is 0.222 bits per heavy atom. The van der Waals surface area contributed by atoms with E-state index in [0.717, 1.165) is 79.4 Å². The van der Waals surface area contributed by atoms with Gasteiger partial charge in [-0.3, -0.25) is 0 Å². The van der Waals surface area contributed by atoms with Crippen LogP contribution in [0.4, 0.5) is 51.2 Å². The molecule has 0 saturated carbocycles. The number of thiophene rings is 1. The summed E-state index contributed by atoms with van der Waals surface area (Å²) in [6, 6.07) is 185. The smallest absolute Gasteiger partial charge is 0.136 e. The molecule has 0 amide bonds. The first kappa shape index (κ1) is 83.8. The van der Waals surface area contributed by atoms with Gasteiger partial charge >= 0.3 is 0 Å². The van der Waals surface area contributed by atoms with Crippen LogP contribution in [0.1, 0.15) is 36.1 Å². The van der Waals surface area contributed by atoms with Gasteiger partial charge in [0.1, 0.15) is 11.2 Å². The number of fused-ring (bicyclic) bond motifs is 27. The Kier molecular flexibility index (Phi) is 19.8. The van der Waals surface area contributed by atoms with E-state index in [0.29, 0.717) is 0 Å². The van der Waals surface area contributed by atoms with Crippen LogP contribution in [0.5, 0.6) is 0 Å². The first-order valence-corrected chi connectivity index (χ1v) is 50.4. The highest BCUT2D eigenvalue weighted by Crippen LogP contribution is 2.55. The van der Waals surface area contributed by atoms with Crippen LogP contribution in [-0.2, 0) is 11.8 Å². The normalized spacial score (nSPS) is 12.4. The highest BCUT2D eigenvalue weighted by molar-refractivity contribution is 7.25. The van der Waals surface area contributed by atoms with E-state index in [9.17, 15) is 0 Å². The molecule has 0 unspecified atom stereocenters. The molecule has 5 aromatic heterocycles. The lowest BCUT2D eigenvalue weighted by atomic mass is 9.82. The van der Waals surface area contributed by atoms with Gasteiger partial charge in [0.15, 0.2) is 0 Å². The summed E-state index contributed by atoms with van der Waals surface area (Å²) in [5.41, 5.74) is 36.1. The van der Waals surface area contributed by atoms with Crippen LogP contribution in [0.3, 0.4) is 0 Å². The van der Waals surface area contributed by atoms with Crippen molar-refractivity contribution in [1.29, 1.82) is 0 Å². The average molecular weight is 1860 g/mol. The summed E-state index contributed by atoms with van der Waals surface area (Å²) in [4.78, 5) is 7.28. The molecule has 144 heavy (non-hydrogen) atoms. The Morgan fingerprint density at radius 3 is 1.31 bits per heavy atom. The number of hydrogen-bond donors (Lipinski definition) is 0. The first-order chi connectivity index (χ1) is 71.2. The number of nitrogens with zero attached hydrogens (tertiary/aromatic N) is 6. The molecule has 5 heterocycles. The number of para-hydroxylation sites is 9. The van der Waals surface area contributed by atoms with E-state index in [1.807, 2.05) is 23.5 Å². The van der Waals surface area contributed by atoms with Crippen LogP contribution in [0, 0.1) is 0 Å². The predicted octanol–water partition coefficient (Wildman–Crippen LogP) is 38.0. The summed E-state index contributed by atoms with van der Waals surface area (Å²) in [5, 5.41) is 20.0. The molecule has 678 valence electrons. The van der Waals surface area contributed by atoms with Crippen molar-refractivity contribution >= 4 is 202 Å². The zero-order valence-corrected chi connectivity index (χ0v) is 80.0. The molecule has 0 N–H and O–H groups in total. The Balaban J connectivity index is 0.000000105. The van der Waals surface area contributed by atoms with Crippen molar-refractivity contribution in [3.8, 4) is 50.4 Å². The Bertz CT molecular complexity index is 9990. The first-order valence-electron chi connectivity index (χ1n) is 49.6. The molecule has 28 aromatic rings. The number of furan rings is 1. The molecule has 7 nitrogen and oxygen atoms in total. The van der Waals surface area contributed by atoms with E-state index in [2.05, 4.69) is 540 Å². The van der Waals surface area contributed by atoms with Gasteiger partial charge in [0, 0.05) is 136 Å². The van der Waals surface area contributed by atoms with Crippen molar-refractivity contribution in [3.63, 3.8) is 0 Å². The van der Waals surface area contributed by atoms with E-state index in [1.54, 1.807) is 0 Å². The van der Waals surface area contributed by atoms with Gasteiger partial charge in [-0.15, -0.1) is 11.3 Å². The summed E-state index contributed by atoms with van der Waals surface area (Å²) in [7, 11) is 0. The van der Waals surface area contributed by atoms with Crippen molar-refractivity contribution in [2.24, 2.45) is 0 Å². The molecule has 8 heteroatoms. The van der Waals surface area contributed by atoms with Gasteiger partial charge in [0.2, 0.25) is 0 Å². The van der Waals surface area contributed by atoms with Crippen LogP contribution < -0.4 is 14.7 Å². The minimum Gasteiger partial charge on any atom is -0.456 e. The van der Waals surface area contributed by atoms with Gasteiger partial charge in [0.05, 0.1) is 44.5 Å². The van der Waals surface area contributed by atoms with Crippen LogP contribution >= 0.6 is 11.3 Å². The quantitative estimate of drug-likeness (QED) is 0.115. The topological polar surface area (TPSA) is 37.6 Å². The van der Waals surface area contributed by atoms with E-state index < -0.39 is 0 Å². The van der Waals surface area contributed by atoms with Gasteiger partial charge in [-0.2, -0.15) is 0 Å². The second kappa shape index (κ2) is 34.0. The molecule has 0 atom stereocenters. The number of benzene rings is 23. The fraction of sp³-hybridized carbons (Fsp3) is 0.0294.